The van der Waals surface area contributed by atoms with Gasteiger partial charge in [-0.2, -0.15) is 0 Å². The molecule has 0 bridgehead atoms. The van der Waals surface area contributed by atoms with Crippen molar-refractivity contribution >= 4 is 17.0 Å². The Labute approximate surface area is 194 Å². The highest BCUT2D eigenvalue weighted by molar-refractivity contribution is 7.10. The summed E-state index contributed by atoms with van der Waals surface area (Å²) in [6.07, 6.45) is 5.79. The molecule has 0 spiro atoms. The molecule has 32 heavy (non-hydrogen) atoms. The first-order chi connectivity index (χ1) is 15.2. The molecular formula is C26H30N4OS. The maximum atomic E-state index is 6.14. The number of ether oxygens (including phenoxy) is 1. The average Bonchev–Trinajstić information content (AvgIpc) is 3.19. The van der Waals surface area contributed by atoms with Crippen LogP contribution in [-0.2, 0) is 16.8 Å². The van der Waals surface area contributed by atoms with Gasteiger partial charge in [-0.1, -0.05) is 20.8 Å². The van der Waals surface area contributed by atoms with Crippen LogP contribution in [0.4, 0.5) is 5.69 Å². The molecule has 166 valence electrons. The summed E-state index contributed by atoms with van der Waals surface area (Å²) in [7, 11) is 0. The van der Waals surface area contributed by atoms with Gasteiger partial charge in [0.2, 0.25) is 0 Å². The first kappa shape index (κ1) is 22.2. The van der Waals surface area contributed by atoms with E-state index in [-0.39, 0.29) is 5.41 Å². The van der Waals surface area contributed by atoms with Gasteiger partial charge < -0.3 is 9.64 Å². The van der Waals surface area contributed by atoms with E-state index in [2.05, 4.69) is 80.0 Å². The summed E-state index contributed by atoms with van der Waals surface area (Å²) in [5.74, 6) is 1.78. The van der Waals surface area contributed by atoms with Crippen LogP contribution in [0.1, 0.15) is 50.9 Å². The lowest BCUT2D eigenvalue weighted by Crippen LogP contribution is -2.27. The number of allylic oxidation sites excluding steroid dienone is 2. The van der Waals surface area contributed by atoms with Crippen LogP contribution in [0.2, 0.25) is 0 Å². The van der Waals surface area contributed by atoms with E-state index in [0.29, 0.717) is 6.61 Å². The monoisotopic (exact) mass is 446 g/mol. The summed E-state index contributed by atoms with van der Waals surface area (Å²) in [5.41, 5.74) is 6.23. The summed E-state index contributed by atoms with van der Waals surface area (Å²) >= 11 is 1.76. The van der Waals surface area contributed by atoms with Gasteiger partial charge in [0.1, 0.15) is 18.2 Å². The normalized spacial score (nSPS) is 14.6. The molecule has 5 nitrogen and oxygen atoms in total. The maximum Gasteiger partial charge on any atom is 0.134 e. The number of anilines is 1. The van der Waals surface area contributed by atoms with Crippen LogP contribution in [0.25, 0.3) is 11.4 Å². The van der Waals surface area contributed by atoms with E-state index in [1.807, 2.05) is 24.5 Å². The number of pyridine rings is 1. The fraction of sp³-hybridized carbons (Fsp3) is 0.346. The minimum atomic E-state index is -0.111. The third-order valence-corrected chi connectivity index (χ3v) is 6.32. The SMILES string of the molecule is CC1=CC(OCc2csc(C)c2)=C(C)CN1c1ccnc(-c2ccnc(C(C)(C)C)n2)c1. The number of thiophene rings is 1. The largest absolute Gasteiger partial charge is 0.489 e. The zero-order chi connectivity index (χ0) is 22.9. The Kier molecular flexibility index (Phi) is 6.15. The Hall–Kier alpha value is -2.99. The van der Waals surface area contributed by atoms with E-state index in [1.165, 1.54) is 16.0 Å². The lowest BCUT2D eigenvalue weighted by molar-refractivity contribution is 0.206. The summed E-state index contributed by atoms with van der Waals surface area (Å²) in [5, 5.41) is 2.16. The average molecular weight is 447 g/mol. The second-order valence-corrected chi connectivity index (χ2v) is 10.4. The Morgan fingerprint density at radius 1 is 1.03 bits per heavy atom. The minimum Gasteiger partial charge on any atom is -0.489 e. The highest BCUT2D eigenvalue weighted by Gasteiger charge is 2.20. The Balaban J connectivity index is 1.54. The van der Waals surface area contributed by atoms with Gasteiger partial charge in [-0.3, -0.25) is 4.98 Å². The first-order valence-corrected chi connectivity index (χ1v) is 11.7. The molecule has 0 saturated heterocycles. The van der Waals surface area contributed by atoms with Crippen molar-refractivity contribution in [3.8, 4) is 11.4 Å². The molecule has 4 heterocycles. The molecule has 3 aromatic heterocycles. The van der Waals surface area contributed by atoms with Crippen molar-refractivity contribution in [2.75, 3.05) is 11.4 Å². The number of hydrogen-bond donors (Lipinski definition) is 0. The van der Waals surface area contributed by atoms with Crippen LogP contribution in [-0.4, -0.2) is 21.5 Å². The molecule has 0 aromatic carbocycles. The number of aromatic nitrogens is 3. The van der Waals surface area contributed by atoms with Gasteiger partial charge in [0.25, 0.3) is 0 Å². The van der Waals surface area contributed by atoms with Crippen molar-refractivity contribution < 1.29 is 4.74 Å². The van der Waals surface area contributed by atoms with E-state index in [1.54, 1.807) is 11.3 Å². The second kappa shape index (κ2) is 8.87. The highest BCUT2D eigenvalue weighted by atomic mass is 32.1. The Bertz CT molecular complexity index is 1190. The molecule has 1 aliphatic heterocycles. The molecule has 6 heteroatoms. The predicted octanol–water partition coefficient (Wildman–Crippen LogP) is 6.42. The van der Waals surface area contributed by atoms with Crippen LogP contribution < -0.4 is 4.90 Å². The molecule has 0 atom stereocenters. The molecule has 0 unspecified atom stereocenters. The Morgan fingerprint density at radius 2 is 1.81 bits per heavy atom. The zero-order valence-electron chi connectivity index (χ0n) is 19.6. The van der Waals surface area contributed by atoms with Crippen LogP contribution >= 0.6 is 11.3 Å². The standard InChI is InChI=1S/C26H30N4OS/c1-17-14-30(18(2)11-24(17)31-15-20-12-19(3)32-16-20)21-7-9-27-23(13-21)22-8-10-28-25(29-22)26(4,5)6/h7-13,16H,14-15H2,1-6H3. The lowest BCUT2D eigenvalue weighted by atomic mass is 9.95. The number of hydrogen-bond acceptors (Lipinski definition) is 6. The van der Waals surface area contributed by atoms with Gasteiger partial charge in [0, 0.05) is 46.2 Å². The van der Waals surface area contributed by atoms with Crippen LogP contribution in [0.3, 0.4) is 0 Å². The lowest BCUT2D eigenvalue weighted by Gasteiger charge is -2.31. The van der Waals surface area contributed by atoms with Crippen LogP contribution in [0.5, 0.6) is 0 Å². The van der Waals surface area contributed by atoms with Gasteiger partial charge in [-0.15, -0.1) is 11.3 Å². The molecule has 0 amide bonds. The van der Waals surface area contributed by atoms with E-state index in [4.69, 9.17) is 9.72 Å². The smallest absolute Gasteiger partial charge is 0.134 e. The van der Waals surface area contributed by atoms with Gasteiger partial charge >= 0.3 is 0 Å². The van der Waals surface area contributed by atoms with Crippen LogP contribution in [0.15, 0.2) is 65.1 Å². The van der Waals surface area contributed by atoms with Crippen molar-refractivity contribution in [3.63, 3.8) is 0 Å². The first-order valence-electron chi connectivity index (χ1n) is 10.8. The van der Waals surface area contributed by atoms with E-state index >= 15 is 0 Å². The highest BCUT2D eigenvalue weighted by Crippen LogP contribution is 2.30. The number of rotatable bonds is 5. The molecule has 0 radical (unpaired) electrons. The molecule has 4 rings (SSSR count). The van der Waals surface area contributed by atoms with E-state index < -0.39 is 0 Å². The molecule has 1 aliphatic rings. The molecule has 0 saturated carbocycles. The van der Waals surface area contributed by atoms with Crippen molar-refractivity contribution in [2.24, 2.45) is 0 Å². The van der Waals surface area contributed by atoms with Gasteiger partial charge in [-0.25, -0.2) is 9.97 Å². The summed E-state index contributed by atoms with van der Waals surface area (Å²) in [6, 6.07) is 8.24. The topological polar surface area (TPSA) is 51.1 Å². The molecule has 0 N–H and O–H groups in total. The fourth-order valence-corrected chi connectivity index (χ4v) is 4.31. The second-order valence-electron chi connectivity index (χ2n) is 9.29. The third kappa shape index (κ3) is 4.91. The summed E-state index contributed by atoms with van der Waals surface area (Å²) in [4.78, 5) is 17.4. The van der Waals surface area contributed by atoms with E-state index in [9.17, 15) is 0 Å². The summed E-state index contributed by atoms with van der Waals surface area (Å²) in [6.45, 7) is 14.1. The van der Waals surface area contributed by atoms with Crippen molar-refractivity contribution in [1.29, 1.82) is 0 Å². The van der Waals surface area contributed by atoms with Crippen molar-refractivity contribution in [2.45, 2.75) is 53.6 Å². The van der Waals surface area contributed by atoms with Gasteiger partial charge in [-0.05, 0) is 62.1 Å². The fourth-order valence-electron chi connectivity index (χ4n) is 3.62. The molecular weight excluding hydrogens is 416 g/mol. The molecule has 0 aliphatic carbocycles. The third-order valence-electron chi connectivity index (χ3n) is 5.40. The molecule has 0 fully saturated rings. The van der Waals surface area contributed by atoms with E-state index in [0.717, 1.165) is 40.9 Å². The maximum absolute atomic E-state index is 6.14. The van der Waals surface area contributed by atoms with Gasteiger partial charge in [0.05, 0.1) is 11.4 Å². The van der Waals surface area contributed by atoms with Crippen molar-refractivity contribution in [3.05, 3.63) is 81.4 Å². The van der Waals surface area contributed by atoms with Gasteiger partial charge in [0.15, 0.2) is 0 Å². The quantitative estimate of drug-likeness (QED) is 0.452. The van der Waals surface area contributed by atoms with Crippen LogP contribution in [0, 0.1) is 6.92 Å². The Morgan fingerprint density at radius 3 is 2.53 bits per heavy atom. The molecule has 3 aromatic rings. The zero-order valence-corrected chi connectivity index (χ0v) is 20.5. The number of aryl methyl sites for hydroxylation is 1. The summed E-state index contributed by atoms with van der Waals surface area (Å²) < 4.78 is 6.14. The number of nitrogens with zero attached hydrogens (tertiary/aromatic N) is 4. The van der Waals surface area contributed by atoms with Crippen molar-refractivity contribution in [1.82, 2.24) is 15.0 Å². The minimum absolute atomic E-state index is 0.111. The predicted molar refractivity (Wildman–Crippen MR) is 132 cm³/mol.